The Morgan fingerprint density at radius 2 is 1.21 bits per heavy atom. The number of carbonyl (C=O) groups is 2. The molecule has 2 rings (SSSR count). The van der Waals surface area contributed by atoms with Gasteiger partial charge in [0.25, 0.3) is 11.8 Å². The molecule has 0 radical (unpaired) electrons. The van der Waals surface area contributed by atoms with Crippen LogP contribution < -0.4 is 56.5 Å². The second-order valence-corrected chi connectivity index (χ2v) is 10.5. The number of hydrogen-bond donors (Lipinski definition) is 2. The zero-order chi connectivity index (χ0) is 31.9. The molecule has 0 heterocycles. The van der Waals surface area contributed by atoms with E-state index in [0.717, 1.165) is 22.3 Å². The molecule has 2 N–H and O–H groups in total. The molecule has 43 heavy (non-hydrogen) atoms. The smallest absolute Gasteiger partial charge is 0.850 e. The van der Waals surface area contributed by atoms with Crippen molar-refractivity contribution in [1.82, 2.24) is 9.80 Å². The summed E-state index contributed by atoms with van der Waals surface area (Å²) < 4.78 is 0. The quantitative estimate of drug-likeness (QED) is 0.326. The second kappa shape index (κ2) is 22.5. The molecular formula is C35H55KN2O5. The number of amides is 2. The van der Waals surface area contributed by atoms with Crippen molar-refractivity contribution in [2.24, 2.45) is 0 Å². The van der Waals surface area contributed by atoms with Gasteiger partial charge >= 0.3 is 51.4 Å². The Bertz CT molecular complexity index is 1170. The fraction of sp³-hybridized carbons (Fsp3) is 0.486. The molecule has 0 fully saturated rings. The molecule has 8 heteroatoms. The summed E-state index contributed by atoms with van der Waals surface area (Å²) in [5, 5.41) is 30.5. The van der Waals surface area contributed by atoms with Gasteiger partial charge in [0.15, 0.2) is 0 Å². The Kier molecular flexibility index (Phi) is 23.9. The van der Waals surface area contributed by atoms with Gasteiger partial charge in [-0.2, -0.15) is 0 Å². The SMILES string of the molecule is C.C/C=C/c1c(C)ccc(C(=O)N(CC)CC)c1O.C=CCc1c(C)ccc(C(=O)N(CC)CC)c1O.CC(C)(C)[O-].[K+]. The number of nitrogens with zero attached hydrogens (tertiary/aromatic N) is 2. The summed E-state index contributed by atoms with van der Waals surface area (Å²) in [5.74, 6) is -0.0807. The molecule has 0 aliphatic carbocycles. The van der Waals surface area contributed by atoms with E-state index in [1.165, 1.54) is 0 Å². The van der Waals surface area contributed by atoms with Crippen LogP contribution in [0, 0.1) is 13.8 Å². The van der Waals surface area contributed by atoms with Crippen LogP contribution in [0.3, 0.4) is 0 Å². The van der Waals surface area contributed by atoms with Crippen molar-refractivity contribution in [3.8, 4) is 11.5 Å². The summed E-state index contributed by atoms with van der Waals surface area (Å²) in [5.41, 5.74) is 3.43. The molecule has 0 saturated heterocycles. The summed E-state index contributed by atoms with van der Waals surface area (Å²) >= 11 is 0. The van der Waals surface area contributed by atoms with Crippen LogP contribution in [0.15, 0.2) is 43.0 Å². The van der Waals surface area contributed by atoms with E-state index in [0.29, 0.717) is 43.7 Å². The average Bonchev–Trinajstić information content (AvgIpc) is 2.89. The predicted octanol–water partition coefficient (Wildman–Crippen LogP) is 3.91. The first-order valence-corrected chi connectivity index (χ1v) is 14.3. The Hall–Kier alpha value is -1.94. The zero-order valence-corrected chi connectivity index (χ0v) is 30.9. The van der Waals surface area contributed by atoms with E-state index >= 15 is 0 Å². The Labute approximate surface area is 304 Å². The third-order valence-corrected chi connectivity index (χ3v) is 6.20. The first-order valence-electron chi connectivity index (χ1n) is 14.3. The standard InChI is InChI=1S/2C15H21NO2.C4H9O.CH4.K/c2*1-5-8-12-11(4)9-10-13(14(12)17)15(18)16(6-2)7-3;1-4(2,3)5;;/h5,8-10,17H,6-7H2,1-4H3;5,9-10,17H,1,6-8H2,2-4H3;1-3H3;1H4;/q;;-1;;+1/b8-5+;;;;. The van der Waals surface area contributed by atoms with Crippen LogP contribution in [0.2, 0.25) is 0 Å². The van der Waals surface area contributed by atoms with Gasteiger partial charge in [0.1, 0.15) is 11.5 Å². The van der Waals surface area contributed by atoms with E-state index in [4.69, 9.17) is 0 Å². The van der Waals surface area contributed by atoms with E-state index in [-0.39, 0.29) is 82.1 Å². The molecule has 0 saturated carbocycles. The molecule has 2 aromatic carbocycles. The van der Waals surface area contributed by atoms with Gasteiger partial charge in [-0.15, -0.1) is 12.2 Å². The van der Waals surface area contributed by atoms with E-state index < -0.39 is 5.60 Å². The maximum absolute atomic E-state index is 12.2. The zero-order valence-electron chi connectivity index (χ0n) is 27.8. The number of benzene rings is 2. The van der Waals surface area contributed by atoms with Gasteiger partial charge in [0, 0.05) is 37.3 Å². The number of aryl methyl sites for hydroxylation is 2. The van der Waals surface area contributed by atoms with Crippen LogP contribution in [-0.4, -0.2) is 63.6 Å². The summed E-state index contributed by atoms with van der Waals surface area (Å²) in [6, 6.07) is 7.12. The third kappa shape index (κ3) is 15.1. The van der Waals surface area contributed by atoms with Crippen molar-refractivity contribution in [2.75, 3.05) is 26.2 Å². The van der Waals surface area contributed by atoms with E-state index in [1.807, 2.05) is 72.8 Å². The number of phenols is 2. The van der Waals surface area contributed by atoms with Gasteiger partial charge in [0.05, 0.1) is 11.1 Å². The molecule has 0 aliphatic heterocycles. The molecule has 0 aromatic heterocycles. The van der Waals surface area contributed by atoms with E-state index in [2.05, 4.69) is 6.58 Å². The van der Waals surface area contributed by atoms with Crippen LogP contribution in [0.4, 0.5) is 0 Å². The molecule has 0 atom stereocenters. The number of aromatic hydroxyl groups is 2. The molecule has 236 valence electrons. The van der Waals surface area contributed by atoms with Gasteiger partial charge in [-0.3, -0.25) is 9.59 Å². The van der Waals surface area contributed by atoms with Gasteiger partial charge in [-0.1, -0.05) is 58.6 Å². The fourth-order valence-electron chi connectivity index (χ4n) is 3.93. The largest absolute Gasteiger partial charge is 1.00 e. The summed E-state index contributed by atoms with van der Waals surface area (Å²) in [6.45, 7) is 24.6. The van der Waals surface area contributed by atoms with Crippen molar-refractivity contribution in [2.45, 2.75) is 88.7 Å². The van der Waals surface area contributed by atoms with Crippen molar-refractivity contribution in [1.29, 1.82) is 0 Å². The first kappa shape index (κ1) is 45.5. The molecule has 2 amide bonds. The van der Waals surface area contributed by atoms with Gasteiger partial charge in [-0.05, 0) is 78.1 Å². The number of hydrogen-bond acceptors (Lipinski definition) is 5. The Morgan fingerprint density at radius 3 is 1.56 bits per heavy atom. The Morgan fingerprint density at radius 1 is 0.837 bits per heavy atom. The minimum atomic E-state index is -0.750. The van der Waals surface area contributed by atoms with Crippen LogP contribution in [0.5, 0.6) is 11.5 Å². The van der Waals surface area contributed by atoms with Crippen LogP contribution in [0.1, 0.15) is 106 Å². The predicted molar refractivity (Wildman–Crippen MR) is 175 cm³/mol. The van der Waals surface area contributed by atoms with Crippen LogP contribution >= 0.6 is 0 Å². The van der Waals surface area contributed by atoms with E-state index in [1.54, 1.807) is 48.8 Å². The van der Waals surface area contributed by atoms with Crippen molar-refractivity contribution < 1.29 is 76.3 Å². The monoisotopic (exact) mass is 622 g/mol. The van der Waals surface area contributed by atoms with Crippen molar-refractivity contribution in [3.63, 3.8) is 0 Å². The van der Waals surface area contributed by atoms with Gasteiger partial charge in [0.2, 0.25) is 0 Å². The van der Waals surface area contributed by atoms with E-state index in [9.17, 15) is 24.9 Å². The average molecular weight is 623 g/mol. The second-order valence-electron chi connectivity index (χ2n) is 10.5. The molecule has 0 unspecified atom stereocenters. The molecule has 7 nitrogen and oxygen atoms in total. The first-order chi connectivity index (χ1) is 19.1. The molecular weight excluding hydrogens is 567 g/mol. The topological polar surface area (TPSA) is 104 Å². The molecule has 0 spiro atoms. The molecule has 2 aromatic rings. The maximum Gasteiger partial charge on any atom is 1.00 e. The minimum absolute atomic E-state index is 0. The molecule has 0 bridgehead atoms. The normalized spacial score (nSPS) is 10.2. The minimum Gasteiger partial charge on any atom is -0.850 e. The summed E-state index contributed by atoms with van der Waals surface area (Å²) in [6.07, 6.45) is 5.97. The summed E-state index contributed by atoms with van der Waals surface area (Å²) in [7, 11) is 0. The molecule has 0 aliphatic rings. The van der Waals surface area contributed by atoms with Crippen LogP contribution in [0.25, 0.3) is 6.08 Å². The van der Waals surface area contributed by atoms with Crippen molar-refractivity contribution >= 4 is 17.9 Å². The number of carbonyl (C=O) groups excluding carboxylic acids is 2. The maximum atomic E-state index is 12.2. The summed E-state index contributed by atoms with van der Waals surface area (Å²) in [4.78, 5) is 27.9. The fourth-order valence-corrected chi connectivity index (χ4v) is 3.93. The van der Waals surface area contributed by atoms with Crippen molar-refractivity contribution in [3.05, 3.63) is 76.4 Å². The van der Waals surface area contributed by atoms with Gasteiger partial charge in [-0.25, -0.2) is 0 Å². The Balaban J connectivity index is -0.000000618. The number of allylic oxidation sites excluding steroid dienone is 2. The van der Waals surface area contributed by atoms with Crippen LogP contribution in [-0.2, 0) is 6.42 Å². The number of rotatable bonds is 9. The van der Waals surface area contributed by atoms with Gasteiger partial charge < -0.3 is 25.1 Å². The number of phenolic OH excluding ortho intramolecular Hbond substituents is 2. The third-order valence-electron chi connectivity index (χ3n) is 6.20.